The molecular formula is C10H8O8S2. The minimum atomic E-state index is -4.58. The average molecular weight is 320 g/mol. The van der Waals surface area contributed by atoms with E-state index in [0.717, 1.165) is 12.1 Å². The summed E-state index contributed by atoms with van der Waals surface area (Å²) in [4.78, 5) is -0.509. The molecule has 0 aliphatic carbocycles. The molecule has 108 valence electrons. The van der Waals surface area contributed by atoms with Crippen molar-refractivity contribution in [2.75, 3.05) is 0 Å². The summed E-state index contributed by atoms with van der Waals surface area (Å²) in [5.41, 5.74) is 0. The van der Waals surface area contributed by atoms with Crippen molar-refractivity contribution in [1.82, 2.24) is 0 Å². The van der Waals surface area contributed by atoms with Gasteiger partial charge < -0.3 is 10.2 Å². The van der Waals surface area contributed by atoms with Crippen molar-refractivity contribution in [2.45, 2.75) is 9.79 Å². The zero-order chi connectivity index (χ0) is 14.9. The van der Waals surface area contributed by atoms with Gasteiger partial charge in [-0.05, 0) is 35.0 Å². The normalized spacial score (nSPS) is 11.9. The highest BCUT2D eigenvalue weighted by atomic mass is 32.2. The maximum Gasteiger partial charge on any atom is 0.298 e. The van der Waals surface area contributed by atoms with E-state index in [1.807, 2.05) is 0 Å². The number of hydrogen-bond acceptors (Lipinski definition) is 8. The summed E-state index contributed by atoms with van der Waals surface area (Å²) < 4.78 is 35.2. The van der Waals surface area contributed by atoms with E-state index < -0.39 is 20.8 Å². The molecule has 2 aromatic rings. The molecule has 0 unspecified atom stereocenters. The Morgan fingerprint density at radius 1 is 1.00 bits per heavy atom. The Kier molecular flexibility index (Phi) is 4.04. The molecule has 10 heteroatoms. The fourth-order valence-corrected chi connectivity index (χ4v) is 2.63. The van der Waals surface area contributed by atoms with Gasteiger partial charge in [-0.15, -0.1) is 4.33 Å². The number of fused-ring (bicyclic) bond motifs is 1. The van der Waals surface area contributed by atoms with E-state index in [1.165, 1.54) is 12.1 Å². The van der Waals surface area contributed by atoms with Crippen LogP contribution in [0.2, 0.25) is 0 Å². The van der Waals surface area contributed by atoms with E-state index in [4.69, 9.17) is 9.81 Å². The van der Waals surface area contributed by atoms with E-state index in [9.17, 15) is 18.6 Å². The third-order valence-corrected chi connectivity index (χ3v) is 3.95. The first-order valence-corrected chi connectivity index (χ1v) is 7.13. The monoisotopic (exact) mass is 320 g/mol. The molecule has 0 aliphatic rings. The number of phenolic OH excluding ortho intramolecular Hbond substituents is 2. The first-order valence-electron chi connectivity index (χ1n) is 4.95. The van der Waals surface area contributed by atoms with Crippen molar-refractivity contribution >= 4 is 32.9 Å². The summed E-state index contributed by atoms with van der Waals surface area (Å²) in [6.07, 6.45) is 0. The highest BCUT2D eigenvalue weighted by Crippen LogP contribution is 2.36. The van der Waals surface area contributed by atoms with Crippen molar-refractivity contribution in [3.05, 3.63) is 24.3 Å². The number of benzene rings is 2. The van der Waals surface area contributed by atoms with Crippen LogP contribution in [0.3, 0.4) is 0 Å². The zero-order valence-corrected chi connectivity index (χ0v) is 11.2. The number of aromatic hydroxyl groups is 2. The molecule has 2 aromatic carbocycles. The third kappa shape index (κ3) is 2.95. The molecule has 8 nitrogen and oxygen atoms in total. The van der Waals surface area contributed by atoms with Gasteiger partial charge in [0.15, 0.2) is 0 Å². The van der Waals surface area contributed by atoms with Crippen LogP contribution in [0.15, 0.2) is 34.1 Å². The average Bonchev–Trinajstić information content (AvgIpc) is 2.35. The predicted octanol–water partition coefficient (Wildman–Crippen LogP) is 1.93. The Labute approximate surface area is 117 Å². The standard InChI is InChI=1S/C10H8O8S2/c11-7-1-6-4-10(20(14,15)16)8(12)2-5(6)3-9(7)19-18-17-13/h1-4,11-13H,(H,14,15,16). The topological polar surface area (TPSA) is 134 Å². The molecule has 0 heterocycles. The first-order chi connectivity index (χ1) is 9.32. The lowest BCUT2D eigenvalue weighted by Gasteiger charge is -2.07. The molecule has 0 aromatic heterocycles. The molecule has 0 saturated carbocycles. The summed E-state index contributed by atoms with van der Waals surface area (Å²) in [5, 5.41) is 31.3. The predicted molar refractivity (Wildman–Crippen MR) is 67.7 cm³/mol. The number of phenols is 2. The van der Waals surface area contributed by atoms with E-state index in [1.54, 1.807) is 0 Å². The van der Waals surface area contributed by atoms with Crippen LogP contribution in [0.5, 0.6) is 11.5 Å². The Morgan fingerprint density at radius 3 is 2.20 bits per heavy atom. The summed E-state index contributed by atoms with van der Waals surface area (Å²) in [6.45, 7) is 0. The molecule has 0 saturated heterocycles. The zero-order valence-electron chi connectivity index (χ0n) is 9.55. The van der Waals surface area contributed by atoms with Crippen LogP contribution in [0, 0.1) is 0 Å². The van der Waals surface area contributed by atoms with Gasteiger partial charge in [0.2, 0.25) is 0 Å². The second-order valence-corrected chi connectivity index (χ2v) is 5.82. The van der Waals surface area contributed by atoms with Gasteiger partial charge in [0.25, 0.3) is 10.1 Å². The Balaban J connectivity index is 2.61. The molecule has 0 bridgehead atoms. The van der Waals surface area contributed by atoms with Gasteiger partial charge in [-0.3, -0.25) is 4.55 Å². The van der Waals surface area contributed by atoms with Gasteiger partial charge in [-0.2, -0.15) is 8.42 Å². The van der Waals surface area contributed by atoms with Crippen LogP contribution in [-0.4, -0.2) is 28.4 Å². The maximum atomic E-state index is 11.1. The molecule has 0 radical (unpaired) electrons. The SMILES string of the molecule is O=S(=O)(O)c1cc2cc(O)c(SOOO)cc2cc1O. The Morgan fingerprint density at radius 2 is 1.60 bits per heavy atom. The van der Waals surface area contributed by atoms with Gasteiger partial charge in [-0.25, -0.2) is 5.26 Å². The van der Waals surface area contributed by atoms with E-state index in [0.29, 0.717) is 17.4 Å². The highest BCUT2D eigenvalue weighted by molar-refractivity contribution is 7.94. The first kappa shape index (κ1) is 14.8. The Hall–Kier alpha value is -1.56. The third-order valence-electron chi connectivity index (χ3n) is 2.43. The van der Waals surface area contributed by atoms with Crippen LogP contribution in [0.4, 0.5) is 0 Å². The summed E-state index contributed by atoms with van der Waals surface area (Å²) >= 11 is 0.506. The highest BCUT2D eigenvalue weighted by Gasteiger charge is 2.17. The lowest BCUT2D eigenvalue weighted by atomic mass is 10.1. The van der Waals surface area contributed by atoms with Gasteiger partial charge >= 0.3 is 0 Å². The summed E-state index contributed by atoms with van der Waals surface area (Å²) in [7, 11) is -4.58. The molecular weight excluding hydrogens is 312 g/mol. The largest absolute Gasteiger partial charge is 0.507 e. The lowest BCUT2D eigenvalue weighted by Crippen LogP contribution is -1.98. The van der Waals surface area contributed by atoms with Crippen molar-refractivity contribution in [3.8, 4) is 11.5 Å². The fourth-order valence-electron chi connectivity index (χ4n) is 1.61. The van der Waals surface area contributed by atoms with Crippen molar-refractivity contribution in [2.24, 2.45) is 0 Å². The molecule has 2 rings (SSSR count). The second-order valence-electron chi connectivity index (χ2n) is 3.69. The molecule has 0 atom stereocenters. The molecule has 4 N–H and O–H groups in total. The van der Waals surface area contributed by atoms with Crippen molar-refractivity contribution in [3.63, 3.8) is 0 Å². The second kappa shape index (κ2) is 5.44. The van der Waals surface area contributed by atoms with Crippen LogP contribution < -0.4 is 0 Å². The molecule has 0 amide bonds. The molecule has 0 fully saturated rings. The molecule has 20 heavy (non-hydrogen) atoms. The van der Waals surface area contributed by atoms with Crippen molar-refractivity contribution < 1.29 is 37.8 Å². The number of rotatable bonds is 4. The lowest BCUT2D eigenvalue weighted by molar-refractivity contribution is -0.432. The van der Waals surface area contributed by atoms with E-state index in [2.05, 4.69) is 9.37 Å². The summed E-state index contributed by atoms with van der Waals surface area (Å²) in [5.74, 6) is -0.910. The molecule has 0 aliphatic heterocycles. The fraction of sp³-hybridized carbons (Fsp3) is 0. The summed E-state index contributed by atoms with van der Waals surface area (Å²) in [6, 6.07) is 4.67. The van der Waals surface area contributed by atoms with E-state index >= 15 is 0 Å². The van der Waals surface area contributed by atoms with Gasteiger partial charge in [0.1, 0.15) is 16.4 Å². The maximum absolute atomic E-state index is 11.1. The smallest absolute Gasteiger partial charge is 0.298 e. The quantitative estimate of drug-likeness (QED) is 0.288. The van der Waals surface area contributed by atoms with Gasteiger partial charge in [0, 0.05) is 0 Å². The van der Waals surface area contributed by atoms with Crippen molar-refractivity contribution in [1.29, 1.82) is 0 Å². The van der Waals surface area contributed by atoms with Gasteiger partial charge in [0.05, 0.1) is 16.9 Å². The van der Waals surface area contributed by atoms with Crippen LogP contribution in [0.1, 0.15) is 0 Å². The van der Waals surface area contributed by atoms with Crippen LogP contribution in [0.25, 0.3) is 10.8 Å². The number of hydrogen-bond donors (Lipinski definition) is 4. The minimum absolute atomic E-state index is 0.158. The molecule has 0 spiro atoms. The van der Waals surface area contributed by atoms with E-state index in [-0.39, 0.29) is 16.0 Å². The Bertz CT molecular complexity index is 755. The van der Waals surface area contributed by atoms with Crippen LogP contribution in [-0.2, 0) is 19.5 Å². The minimum Gasteiger partial charge on any atom is -0.507 e. The van der Waals surface area contributed by atoms with Crippen LogP contribution >= 0.6 is 12.0 Å². The van der Waals surface area contributed by atoms with Gasteiger partial charge in [-0.1, -0.05) is 5.04 Å².